The second kappa shape index (κ2) is 7.47. The van der Waals surface area contributed by atoms with Crippen molar-refractivity contribution in [3.05, 3.63) is 70.7 Å². The quantitative estimate of drug-likeness (QED) is 0.586. The number of hydrogen-bond donors (Lipinski definition) is 1. The predicted molar refractivity (Wildman–Crippen MR) is 95.2 cm³/mol. The molecule has 0 radical (unpaired) electrons. The number of pyridine rings is 1. The van der Waals surface area contributed by atoms with Crippen molar-refractivity contribution < 1.29 is 31.1 Å². The summed E-state index contributed by atoms with van der Waals surface area (Å²) in [5.74, 6) is -1.57. The molecule has 0 bridgehead atoms. The minimum absolute atomic E-state index is 0.290. The molecule has 0 spiro atoms. The maximum absolute atomic E-state index is 13.7. The number of anilines is 1. The Morgan fingerprint density at radius 3 is 2.23 bits per heavy atom. The Morgan fingerprint density at radius 2 is 1.67 bits per heavy atom. The largest absolute Gasteiger partial charge is 0.434 e. The maximum Gasteiger partial charge on any atom is 0.434 e. The maximum atomic E-state index is 13.7. The molecular formula is C19H14F6N4O. The highest BCUT2D eigenvalue weighted by molar-refractivity contribution is 6.05. The third-order valence-electron chi connectivity index (χ3n) is 4.43. The molecule has 0 aliphatic rings. The fourth-order valence-electron chi connectivity index (χ4n) is 2.72. The molecule has 0 aliphatic heterocycles. The highest BCUT2D eigenvalue weighted by atomic mass is 19.4. The molecule has 11 heteroatoms. The van der Waals surface area contributed by atoms with Gasteiger partial charge in [0.25, 0.3) is 5.91 Å². The van der Waals surface area contributed by atoms with Crippen LogP contribution in [0.5, 0.6) is 0 Å². The number of carbonyl (C=O) groups excluding carboxylic acids is 1. The molecule has 158 valence electrons. The van der Waals surface area contributed by atoms with Crippen LogP contribution in [0.15, 0.2) is 42.7 Å². The van der Waals surface area contributed by atoms with E-state index in [1.54, 1.807) is 26.0 Å². The van der Waals surface area contributed by atoms with Crippen LogP contribution in [0.25, 0.3) is 5.82 Å². The molecule has 0 aliphatic carbocycles. The summed E-state index contributed by atoms with van der Waals surface area (Å²) in [6, 6.07) is 6.28. The van der Waals surface area contributed by atoms with E-state index in [1.807, 2.05) is 0 Å². The SMILES string of the molecule is Cc1cccc(NC(=O)c2cnn(-c3ccc(C(F)(F)F)cn3)c2C(F)(F)F)c1C. The Bertz CT molecular complexity index is 1080. The van der Waals surface area contributed by atoms with E-state index >= 15 is 0 Å². The van der Waals surface area contributed by atoms with E-state index in [9.17, 15) is 31.1 Å². The van der Waals surface area contributed by atoms with Gasteiger partial charge in [0.05, 0.1) is 17.3 Å². The molecule has 0 fully saturated rings. The number of amides is 1. The lowest BCUT2D eigenvalue weighted by molar-refractivity contribution is -0.143. The van der Waals surface area contributed by atoms with E-state index in [-0.39, 0.29) is 4.68 Å². The van der Waals surface area contributed by atoms with E-state index in [4.69, 9.17) is 0 Å². The van der Waals surface area contributed by atoms with E-state index in [0.29, 0.717) is 29.7 Å². The van der Waals surface area contributed by atoms with Crippen LogP contribution in [0.2, 0.25) is 0 Å². The Hall–Kier alpha value is -3.37. The van der Waals surface area contributed by atoms with Gasteiger partial charge in [-0.25, -0.2) is 9.67 Å². The summed E-state index contributed by atoms with van der Waals surface area (Å²) in [6.07, 6.45) is -8.62. The summed E-state index contributed by atoms with van der Waals surface area (Å²) in [7, 11) is 0. The average molecular weight is 428 g/mol. The van der Waals surface area contributed by atoms with E-state index < -0.39 is 40.9 Å². The van der Waals surface area contributed by atoms with Crippen molar-refractivity contribution in [2.24, 2.45) is 0 Å². The van der Waals surface area contributed by atoms with Crippen molar-refractivity contribution in [3.63, 3.8) is 0 Å². The number of benzene rings is 1. The van der Waals surface area contributed by atoms with Crippen LogP contribution in [-0.4, -0.2) is 20.7 Å². The van der Waals surface area contributed by atoms with Gasteiger partial charge in [0.15, 0.2) is 11.5 Å². The van der Waals surface area contributed by atoms with Crippen LogP contribution in [0.4, 0.5) is 32.0 Å². The fourth-order valence-corrected chi connectivity index (χ4v) is 2.72. The number of rotatable bonds is 3. The molecule has 30 heavy (non-hydrogen) atoms. The van der Waals surface area contributed by atoms with Crippen molar-refractivity contribution in [3.8, 4) is 5.82 Å². The van der Waals surface area contributed by atoms with Gasteiger partial charge in [0, 0.05) is 11.9 Å². The Labute approximate surface area is 166 Å². The zero-order valence-electron chi connectivity index (χ0n) is 15.6. The Morgan fingerprint density at radius 1 is 0.967 bits per heavy atom. The van der Waals surface area contributed by atoms with Crippen LogP contribution in [0.3, 0.4) is 0 Å². The molecule has 2 heterocycles. The van der Waals surface area contributed by atoms with Crippen LogP contribution in [0, 0.1) is 13.8 Å². The number of carbonyl (C=O) groups is 1. The molecule has 1 aromatic carbocycles. The lowest BCUT2D eigenvalue weighted by Crippen LogP contribution is -2.21. The number of halogens is 6. The number of nitrogens with one attached hydrogen (secondary N) is 1. The Balaban J connectivity index is 2.02. The van der Waals surface area contributed by atoms with Gasteiger partial charge in [0.2, 0.25) is 0 Å². The smallest absolute Gasteiger partial charge is 0.322 e. The summed E-state index contributed by atoms with van der Waals surface area (Å²) < 4.78 is 79.4. The van der Waals surface area contributed by atoms with Crippen molar-refractivity contribution in [1.82, 2.24) is 14.8 Å². The summed E-state index contributed by atoms with van der Waals surface area (Å²) in [5, 5.41) is 5.95. The zero-order chi connectivity index (χ0) is 22.3. The molecular weight excluding hydrogens is 414 g/mol. The molecule has 5 nitrogen and oxygen atoms in total. The lowest BCUT2D eigenvalue weighted by Gasteiger charge is -2.14. The first-order valence-corrected chi connectivity index (χ1v) is 8.46. The fraction of sp³-hybridized carbons (Fsp3) is 0.211. The Kier molecular flexibility index (Phi) is 5.31. The van der Waals surface area contributed by atoms with Crippen molar-refractivity contribution >= 4 is 11.6 Å². The highest BCUT2D eigenvalue weighted by Gasteiger charge is 2.41. The van der Waals surface area contributed by atoms with Crippen LogP contribution in [0.1, 0.15) is 32.7 Å². The van der Waals surface area contributed by atoms with E-state index in [1.165, 1.54) is 6.07 Å². The van der Waals surface area contributed by atoms with Crippen molar-refractivity contribution in [2.45, 2.75) is 26.2 Å². The van der Waals surface area contributed by atoms with Gasteiger partial charge in [-0.3, -0.25) is 4.79 Å². The van der Waals surface area contributed by atoms with Gasteiger partial charge in [0.1, 0.15) is 0 Å². The highest BCUT2D eigenvalue weighted by Crippen LogP contribution is 2.34. The second-order valence-electron chi connectivity index (χ2n) is 6.42. The zero-order valence-corrected chi connectivity index (χ0v) is 15.6. The van der Waals surface area contributed by atoms with Crippen LogP contribution >= 0.6 is 0 Å². The number of alkyl halides is 6. The summed E-state index contributed by atoms with van der Waals surface area (Å²) >= 11 is 0. The molecule has 3 rings (SSSR count). The van der Waals surface area contributed by atoms with Gasteiger partial charge < -0.3 is 5.32 Å². The summed E-state index contributed by atoms with van der Waals surface area (Å²) in [6.45, 7) is 3.48. The third-order valence-corrected chi connectivity index (χ3v) is 4.43. The molecule has 2 aromatic heterocycles. The topological polar surface area (TPSA) is 59.8 Å². The molecule has 0 saturated heterocycles. The van der Waals surface area contributed by atoms with Gasteiger partial charge in [-0.1, -0.05) is 12.1 Å². The first kappa shape index (κ1) is 21.3. The minimum Gasteiger partial charge on any atom is -0.322 e. The van der Waals surface area contributed by atoms with Crippen molar-refractivity contribution in [1.29, 1.82) is 0 Å². The molecule has 3 aromatic rings. The monoisotopic (exact) mass is 428 g/mol. The van der Waals surface area contributed by atoms with Gasteiger partial charge >= 0.3 is 12.4 Å². The first-order valence-electron chi connectivity index (χ1n) is 8.46. The number of hydrogen-bond acceptors (Lipinski definition) is 3. The minimum atomic E-state index is -5.02. The van der Waals surface area contributed by atoms with Gasteiger partial charge in [-0.2, -0.15) is 31.4 Å². The number of aromatic nitrogens is 3. The molecule has 0 saturated carbocycles. The number of nitrogens with zero attached hydrogens (tertiary/aromatic N) is 3. The molecule has 1 N–H and O–H groups in total. The molecule has 1 amide bonds. The van der Waals surface area contributed by atoms with Gasteiger partial charge in [-0.15, -0.1) is 0 Å². The normalized spacial score (nSPS) is 12.1. The van der Waals surface area contributed by atoms with E-state index in [0.717, 1.165) is 11.6 Å². The third kappa shape index (κ3) is 4.14. The standard InChI is InChI=1S/C19H14F6N4O/c1-10-4-3-5-14(11(10)2)28-17(30)13-9-27-29(16(13)19(23,24)25)15-7-6-12(8-26-15)18(20,21)22/h3-9H,1-2H3,(H,28,30). The average Bonchev–Trinajstić information content (AvgIpc) is 3.10. The second-order valence-corrected chi connectivity index (χ2v) is 6.42. The lowest BCUT2D eigenvalue weighted by atomic mass is 10.1. The molecule has 0 unspecified atom stereocenters. The predicted octanol–water partition coefficient (Wildman–Crippen LogP) is 5.17. The van der Waals surface area contributed by atoms with Crippen LogP contribution in [-0.2, 0) is 12.4 Å². The summed E-state index contributed by atoms with van der Waals surface area (Å²) in [4.78, 5) is 16.0. The van der Waals surface area contributed by atoms with Crippen molar-refractivity contribution in [2.75, 3.05) is 5.32 Å². The van der Waals surface area contributed by atoms with Crippen LogP contribution < -0.4 is 5.32 Å². The summed E-state index contributed by atoms with van der Waals surface area (Å²) in [5.41, 5.74) is -1.53. The number of aryl methyl sites for hydroxylation is 1. The first-order chi connectivity index (χ1) is 13.9. The molecule has 0 atom stereocenters. The van der Waals surface area contributed by atoms with Gasteiger partial charge in [-0.05, 0) is 43.2 Å². The van der Waals surface area contributed by atoms with E-state index in [2.05, 4.69) is 15.4 Å².